The average Bonchev–Trinajstić information content (AvgIpc) is 3.32. The third kappa shape index (κ3) is 3.31. The molecule has 2 saturated heterocycles. The van der Waals surface area contributed by atoms with Gasteiger partial charge >= 0.3 is 0 Å². The van der Waals surface area contributed by atoms with Gasteiger partial charge in [-0.05, 0) is 32.3 Å². The molecule has 0 saturated carbocycles. The summed E-state index contributed by atoms with van der Waals surface area (Å²) in [5, 5.41) is 14.7. The van der Waals surface area contributed by atoms with Gasteiger partial charge in [0.25, 0.3) is 0 Å². The van der Waals surface area contributed by atoms with Crippen molar-refractivity contribution in [3.8, 4) is 0 Å². The number of aryl methyl sites for hydroxylation is 2. The first-order chi connectivity index (χ1) is 11.8. The van der Waals surface area contributed by atoms with E-state index in [4.69, 9.17) is 9.47 Å². The number of fused-ring (bicyclic) bond motifs is 1. The first-order valence-electron chi connectivity index (χ1n) is 8.58. The average molecular weight is 349 g/mol. The molecule has 7 nitrogen and oxygen atoms in total. The summed E-state index contributed by atoms with van der Waals surface area (Å²) in [4.78, 5) is 2.34. The van der Waals surface area contributed by atoms with Crippen LogP contribution in [0.2, 0.25) is 0 Å². The quantitative estimate of drug-likeness (QED) is 0.742. The van der Waals surface area contributed by atoms with Crippen molar-refractivity contribution in [2.75, 3.05) is 24.7 Å². The Balaban J connectivity index is 1.36. The fraction of sp³-hybridized carbons (Fsp3) is 0.688. The van der Waals surface area contributed by atoms with E-state index >= 15 is 0 Å². The normalized spacial score (nSPS) is 26.7. The summed E-state index contributed by atoms with van der Waals surface area (Å²) in [6, 6.07) is 2.31. The van der Waals surface area contributed by atoms with Gasteiger partial charge in [-0.25, -0.2) is 0 Å². The fourth-order valence-corrected chi connectivity index (χ4v) is 4.33. The van der Waals surface area contributed by atoms with E-state index in [1.807, 2.05) is 23.9 Å². The van der Waals surface area contributed by atoms with Gasteiger partial charge in [-0.1, -0.05) is 11.3 Å². The topological polar surface area (TPSA) is 65.3 Å². The number of hydrogen-bond acceptors (Lipinski definition) is 7. The maximum atomic E-state index is 6.18. The zero-order valence-corrected chi connectivity index (χ0v) is 14.7. The van der Waals surface area contributed by atoms with Crippen molar-refractivity contribution in [1.82, 2.24) is 20.0 Å². The molecule has 0 aromatic carbocycles. The standard InChI is InChI=1S/C16H23N5O2S/c1-12-18-19-16(24-12)21-11-14(15-13(21)5-2-9-23-15)22-10-4-8-20-7-3-6-17-20/h3,6-7,13-15H,2,4-5,8-11H2,1H3/t13-,14-,15+/m1/s1. The number of anilines is 1. The molecule has 0 amide bonds. The molecule has 24 heavy (non-hydrogen) atoms. The largest absolute Gasteiger partial charge is 0.374 e. The smallest absolute Gasteiger partial charge is 0.208 e. The number of nitrogens with zero attached hydrogens (tertiary/aromatic N) is 5. The molecule has 130 valence electrons. The molecule has 0 unspecified atom stereocenters. The molecule has 4 heterocycles. The van der Waals surface area contributed by atoms with Crippen LogP contribution in [0, 0.1) is 6.92 Å². The first-order valence-corrected chi connectivity index (χ1v) is 9.40. The second-order valence-electron chi connectivity index (χ2n) is 6.33. The van der Waals surface area contributed by atoms with Crippen molar-refractivity contribution in [3.63, 3.8) is 0 Å². The van der Waals surface area contributed by atoms with Crippen molar-refractivity contribution < 1.29 is 9.47 Å². The first kappa shape index (κ1) is 16.0. The lowest BCUT2D eigenvalue weighted by atomic mass is 10.0. The molecule has 2 aromatic heterocycles. The molecule has 8 heteroatoms. The minimum atomic E-state index is 0.108. The monoisotopic (exact) mass is 349 g/mol. The van der Waals surface area contributed by atoms with Gasteiger partial charge < -0.3 is 14.4 Å². The number of ether oxygens (including phenoxy) is 2. The van der Waals surface area contributed by atoms with Gasteiger partial charge in [0, 0.05) is 38.7 Å². The molecular weight excluding hydrogens is 326 g/mol. The van der Waals surface area contributed by atoms with Crippen LogP contribution in [-0.2, 0) is 16.0 Å². The van der Waals surface area contributed by atoms with Crippen LogP contribution in [0.4, 0.5) is 5.13 Å². The van der Waals surface area contributed by atoms with Gasteiger partial charge in [-0.15, -0.1) is 10.2 Å². The Labute approximate surface area is 145 Å². The summed E-state index contributed by atoms with van der Waals surface area (Å²) < 4.78 is 14.2. The molecule has 3 atom stereocenters. The highest BCUT2D eigenvalue weighted by molar-refractivity contribution is 7.15. The predicted molar refractivity (Wildman–Crippen MR) is 91.3 cm³/mol. The molecule has 0 radical (unpaired) electrons. The van der Waals surface area contributed by atoms with Crippen molar-refractivity contribution in [2.45, 2.75) is 51.0 Å². The summed E-state index contributed by atoms with van der Waals surface area (Å²) in [6.45, 7) is 5.27. The van der Waals surface area contributed by atoms with E-state index in [1.54, 1.807) is 17.5 Å². The van der Waals surface area contributed by atoms with Crippen molar-refractivity contribution in [1.29, 1.82) is 0 Å². The van der Waals surface area contributed by atoms with Gasteiger partial charge in [0.05, 0.1) is 6.04 Å². The number of hydrogen-bond donors (Lipinski definition) is 0. The molecule has 2 fully saturated rings. The molecule has 2 aliphatic rings. The lowest BCUT2D eigenvalue weighted by molar-refractivity contribution is -0.0740. The molecule has 0 bridgehead atoms. The zero-order valence-electron chi connectivity index (χ0n) is 13.9. The lowest BCUT2D eigenvalue weighted by Crippen LogP contribution is -2.42. The third-order valence-corrected chi connectivity index (χ3v) is 5.54. The van der Waals surface area contributed by atoms with Crippen LogP contribution in [0.1, 0.15) is 24.3 Å². The summed E-state index contributed by atoms with van der Waals surface area (Å²) in [5.74, 6) is 0. The maximum Gasteiger partial charge on any atom is 0.208 e. The maximum absolute atomic E-state index is 6.18. The van der Waals surface area contributed by atoms with E-state index in [0.717, 1.165) is 55.7 Å². The Morgan fingerprint density at radius 3 is 3.17 bits per heavy atom. The van der Waals surface area contributed by atoms with E-state index in [1.165, 1.54) is 0 Å². The predicted octanol–water partition coefficient (Wildman–Crippen LogP) is 1.89. The molecule has 0 spiro atoms. The van der Waals surface area contributed by atoms with Crippen LogP contribution < -0.4 is 4.90 Å². The van der Waals surface area contributed by atoms with Gasteiger partial charge in [0.1, 0.15) is 17.2 Å². The SMILES string of the molecule is Cc1nnc(N2C[C@@H](OCCCn3cccn3)[C@H]3OCCC[C@H]32)s1. The highest BCUT2D eigenvalue weighted by Gasteiger charge is 2.45. The highest BCUT2D eigenvalue weighted by Crippen LogP contribution is 2.35. The Morgan fingerprint density at radius 2 is 2.38 bits per heavy atom. The second-order valence-corrected chi connectivity index (χ2v) is 7.49. The Hall–Kier alpha value is -1.51. The highest BCUT2D eigenvalue weighted by atomic mass is 32.1. The fourth-order valence-electron chi connectivity index (χ4n) is 3.57. The minimum Gasteiger partial charge on any atom is -0.374 e. The van der Waals surface area contributed by atoms with E-state index in [0.29, 0.717) is 6.04 Å². The van der Waals surface area contributed by atoms with E-state index < -0.39 is 0 Å². The number of aromatic nitrogens is 4. The van der Waals surface area contributed by atoms with Gasteiger partial charge in [-0.2, -0.15) is 5.10 Å². The van der Waals surface area contributed by atoms with Crippen LogP contribution in [0.5, 0.6) is 0 Å². The Morgan fingerprint density at radius 1 is 1.42 bits per heavy atom. The molecule has 2 aromatic rings. The van der Waals surface area contributed by atoms with E-state index in [2.05, 4.69) is 20.2 Å². The van der Waals surface area contributed by atoms with Gasteiger partial charge in [-0.3, -0.25) is 4.68 Å². The molecule has 0 aliphatic carbocycles. The molecule has 0 N–H and O–H groups in total. The lowest BCUT2D eigenvalue weighted by Gasteiger charge is -2.31. The summed E-state index contributed by atoms with van der Waals surface area (Å²) in [6.07, 6.45) is 7.23. The molecule has 4 rings (SSSR count). The van der Waals surface area contributed by atoms with Gasteiger partial charge in [0.15, 0.2) is 0 Å². The van der Waals surface area contributed by atoms with Crippen LogP contribution in [0.3, 0.4) is 0 Å². The van der Waals surface area contributed by atoms with Gasteiger partial charge in [0.2, 0.25) is 5.13 Å². The summed E-state index contributed by atoms with van der Waals surface area (Å²) in [7, 11) is 0. The summed E-state index contributed by atoms with van der Waals surface area (Å²) >= 11 is 1.65. The van der Waals surface area contributed by atoms with E-state index in [-0.39, 0.29) is 12.2 Å². The molecular formula is C16H23N5O2S. The third-order valence-electron chi connectivity index (χ3n) is 4.66. The van der Waals surface area contributed by atoms with Crippen molar-refractivity contribution in [3.05, 3.63) is 23.5 Å². The van der Waals surface area contributed by atoms with Crippen molar-refractivity contribution >= 4 is 16.5 Å². The van der Waals surface area contributed by atoms with E-state index in [9.17, 15) is 0 Å². The summed E-state index contributed by atoms with van der Waals surface area (Å²) in [5.41, 5.74) is 0. The van der Waals surface area contributed by atoms with Crippen LogP contribution in [0.15, 0.2) is 18.5 Å². The van der Waals surface area contributed by atoms with Crippen LogP contribution >= 0.6 is 11.3 Å². The molecule has 2 aliphatic heterocycles. The Bertz CT molecular complexity index is 647. The number of rotatable bonds is 6. The van der Waals surface area contributed by atoms with Crippen molar-refractivity contribution in [2.24, 2.45) is 0 Å². The minimum absolute atomic E-state index is 0.108. The Kier molecular flexibility index (Phi) is 4.77. The zero-order chi connectivity index (χ0) is 16.4. The van der Waals surface area contributed by atoms with Crippen LogP contribution in [-0.4, -0.2) is 58.0 Å². The van der Waals surface area contributed by atoms with Crippen LogP contribution in [0.25, 0.3) is 0 Å². The second kappa shape index (κ2) is 7.16.